The molecule has 0 N–H and O–H groups in total. The van der Waals surface area contributed by atoms with Crippen LogP contribution in [0, 0.1) is 22.7 Å². The predicted octanol–water partition coefficient (Wildman–Crippen LogP) is 14.1. The quantitative estimate of drug-likeness (QED) is 0.179. The van der Waals surface area contributed by atoms with E-state index in [1.807, 2.05) is 115 Å². The average Bonchev–Trinajstić information content (AvgIpc) is 4.03. The summed E-state index contributed by atoms with van der Waals surface area (Å²) < 4.78 is 60.5. The molecule has 0 unspecified atom stereocenters. The Hall–Kier alpha value is -8.27. The number of hydrogen-bond acceptors (Lipinski definition) is 4. The maximum Gasteiger partial charge on any atom is 0.416 e. The molecular formula is C51H25F3N4O2. The summed E-state index contributed by atoms with van der Waals surface area (Å²) in [5, 5.41) is 28.3. The molecule has 0 atom stereocenters. The van der Waals surface area contributed by atoms with Gasteiger partial charge in [0, 0.05) is 37.9 Å². The summed E-state index contributed by atoms with van der Waals surface area (Å²) in [4.78, 5) is 0. The van der Waals surface area contributed by atoms with Crippen LogP contribution in [0.4, 0.5) is 13.2 Å². The first-order chi connectivity index (χ1) is 29.3. The van der Waals surface area contributed by atoms with Gasteiger partial charge in [0.25, 0.3) is 0 Å². The van der Waals surface area contributed by atoms with Gasteiger partial charge in [-0.05, 0) is 84.4 Å². The van der Waals surface area contributed by atoms with E-state index < -0.39 is 11.7 Å². The lowest BCUT2D eigenvalue weighted by Gasteiger charge is -2.20. The molecule has 8 aromatic carbocycles. The highest BCUT2D eigenvalue weighted by molar-refractivity contribution is 6.26. The first kappa shape index (κ1) is 33.8. The number of benzene rings is 8. The fourth-order valence-corrected chi connectivity index (χ4v) is 9.31. The molecule has 0 saturated heterocycles. The van der Waals surface area contributed by atoms with Crippen LogP contribution in [-0.2, 0) is 6.18 Å². The second-order valence-electron chi connectivity index (χ2n) is 15.0. The van der Waals surface area contributed by atoms with Gasteiger partial charge in [0.05, 0.1) is 73.0 Å². The van der Waals surface area contributed by atoms with E-state index in [0.29, 0.717) is 28.1 Å². The van der Waals surface area contributed by atoms with Crippen LogP contribution >= 0.6 is 0 Å². The van der Waals surface area contributed by atoms with Gasteiger partial charge in [-0.15, -0.1) is 0 Å². The lowest BCUT2D eigenvalue weighted by atomic mass is 9.94. The van der Waals surface area contributed by atoms with Crippen molar-refractivity contribution in [1.29, 1.82) is 10.5 Å². The van der Waals surface area contributed by atoms with Crippen molar-refractivity contribution >= 4 is 87.5 Å². The Bertz CT molecular complexity index is 3920. The van der Waals surface area contributed by atoms with E-state index in [2.05, 4.69) is 27.3 Å². The van der Waals surface area contributed by atoms with E-state index in [1.54, 1.807) is 12.1 Å². The van der Waals surface area contributed by atoms with Crippen molar-refractivity contribution in [2.45, 2.75) is 6.18 Å². The van der Waals surface area contributed by atoms with Crippen LogP contribution in [0.5, 0.6) is 0 Å². The standard InChI is InChI=1S/C51H25F3N4O2/c52-51(53,54)31-22-28(26-55)21-29(23-31)38-25-42(58-40-14-6-2-10-33(40)35-18-20-46-48(50(35)58)37-12-4-8-16-44(37)60-46)41(24-30(38)27-56)57-39-13-5-1-9-32(39)34-17-19-45-47(49(34)57)36-11-3-7-15-43(36)59-45/h1-25H. The minimum absolute atomic E-state index is 0.0934. The molecule has 0 fully saturated rings. The lowest BCUT2D eigenvalue weighted by molar-refractivity contribution is -0.137. The Labute approximate surface area is 337 Å². The van der Waals surface area contributed by atoms with Crippen molar-refractivity contribution in [3.63, 3.8) is 0 Å². The Balaban J connectivity index is 1.33. The largest absolute Gasteiger partial charge is 0.456 e. The number of nitriles is 2. The molecule has 4 aromatic heterocycles. The van der Waals surface area contributed by atoms with Gasteiger partial charge in [-0.25, -0.2) is 0 Å². The molecule has 0 bridgehead atoms. The third-order valence-corrected chi connectivity index (χ3v) is 11.8. The van der Waals surface area contributed by atoms with Gasteiger partial charge in [-0.3, -0.25) is 0 Å². The summed E-state index contributed by atoms with van der Waals surface area (Å²) in [7, 11) is 0. The van der Waals surface area contributed by atoms with Gasteiger partial charge in [0.2, 0.25) is 0 Å². The SMILES string of the molecule is N#Cc1cc(-c2cc(-n3c4ccccc4c4ccc5oc6ccccc6c5c43)c(-n3c4ccccc4c4ccc5oc6ccccc6c5c43)cc2C#N)cc(C(F)(F)F)c1. The maximum atomic E-state index is 14.4. The van der Waals surface area contributed by atoms with Crippen LogP contribution < -0.4 is 0 Å². The molecule has 0 amide bonds. The molecule has 0 aliphatic heterocycles. The van der Waals surface area contributed by atoms with Gasteiger partial charge in [0.15, 0.2) is 0 Å². The first-order valence-electron chi connectivity index (χ1n) is 19.2. The second-order valence-corrected chi connectivity index (χ2v) is 15.0. The fourth-order valence-electron chi connectivity index (χ4n) is 9.31. The molecule has 9 heteroatoms. The number of para-hydroxylation sites is 4. The normalized spacial score (nSPS) is 12.2. The van der Waals surface area contributed by atoms with Crippen LogP contribution in [0.3, 0.4) is 0 Å². The molecule has 282 valence electrons. The van der Waals surface area contributed by atoms with E-state index in [0.717, 1.165) is 82.9 Å². The van der Waals surface area contributed by atoms with Crippen molar-refractivity contribution in [1.82, 2.24) is 9.13 Å². The fraction of sp³-hybridized carbons (Fsp3) is 0.0196. The number of rotatable bonds is 3. The Morgan fingerprint density at radius 3 is 1.48 bits per heavy atom. The number of fused-ring (bicyclic) bond motifs is 14. The molecule has 4 heterocycles. The highest BCUT2D eigenvalue weighted by atomic mass is 19.4. The summed E-state index contributed by atoms with van der Waals surface area (Å²) in [5.41, 5.74) is 6.68. The Kier molecular flexibility index (Phi) is 6.84. The first-order valence-corrected chi connectivity index (χ1v) is 19.2. The summed E-state index contributed by atoms with van der Waals surface area (Å²) in [6.07, 6.45) is -4.74. The van der Waals surface area contributed by atoms with Gasteiger partial charge in [-0.2, -0.15) is 23.7 Å². The van der Waals surface area contributed by atoms with Crippen LogP contribution in [-0.4, -0.2) is 9.13 Å². The average molecular weight is 783 g/mol. The summed E-state index contributed by atoms with van der Waals surface area (Å²) >= 11 is 0. The van der Waals surface area contributed by atoms with E-state index in [-0.39, 0.29) is 22.3 Å². The van der Waals surface area contributed by atoms with Crippen LogP contribution in [0.2, 0.25) is 0 Å². The van der Waals surface area contributed by atoms with E-state index >= 15 is 0 Å². The topological polar surface area (TPSA) is 83.7 Å². The van der Waals surface area contributed by atoms with Crippen LogP contribution in [0.1, 0.15) is 16.7 Å². The molecule has 6 nitrogen and oxygen atoms in total. The zero-order valence-corrected chi connectivity index (χ0v) is 31.2. The van der Waals surface area contributed by atoms with Gasteiger partial charge < -0.3 is 18.0 Å². The van der Waals surface area contributed by atoms with Crippen LogP contribution in [0.25, 0.3) is 110 Å². The van der Waals surface area contributed by atoms with Crippen molar-refractivity contribution < 1.29 is 22.0 Å². The van der Waals surface area contributed by atoms with Gasteiger partial charge in [0.1, 0.15) is 22.3 Å². The number of furan rings is 2. The molecule has 60 heavy (non-hydrogen) atoms. The number of aromatic nitrogens is 2. The van der Waals surface area contributed by atoms with Gasteiger partial charge >= 0.3 is 6.18 Å². The molecule has 0 radical (unpaired) electrons. The number of alkyl halides is 3. The van der Waals surface area contributed by atoms with E-state index in [4.69, 9.17) is 8.83 Å². The van der Waals surface area contributed by atoms with Crippen LogP contribution in [0.15, 0.2) is 160 Å². The smallest absolute Gasteiger partial charge is 0.416 e. The Morgan fingerprint density at radius 2 is 0.967 bits per heavy atom. The Morgan fingerprint density at radius 1 is 0.467 bits per heavy atom. The molecule has 0 saturated carbocycles. The predicted molar refractivity (Wildman–Crippen MR) is 230 cm³/mol. The molecule has 0 aliphatic rings. The highest BCUT2D eigenvalue weighted by Gasteiger charge is 2.32. The summed E-state index contributed by atoms with van der Waals surface area (Å²) in [5.74, 6) is 0. The number of nitrogens with zero attached hydrogens (tertiary/aromatic N) is 4. The summed E-state index contributed by atoms with van der Waals surface area (Å²) in [6, 6.07) is 50.9. The molecule has 12 rings (SSSR count). The third kappa shape index (κ3) is 4.63. The minimum Gasteiger partial charge on any atom is -0.456 e. The molecular weight excluding hydrogens is 758 g/mol. The maximum absolute atomic E-state index is 14.4. The van der Waals surface area contributed by atoms with E-state index in [1.165, 1.54) is 6.07 Å². The second kappa shape index (κ2) is 12.1. The number of hydrogen-bond donors (Lipinski definition) is 0. The third-order valence-electron chi connectivity index (χ3n) is 11.8. The van der Waals surface area contributed by atoms with Crippen molar-refractivity contribution in [2.75, 3.05) is 0 Å². The monoisotopic (exact) mass is 782 g/mol. The zero-order chi connectivity index (χ0) is 40.4. The van der Waals surface area contributed by atoms with Crippen molar-refractivity contribution in [3.8, 4) is 34.6 Å². The van der Waals surface area contributed by atoms with E-state index in [9.17, 15) is 23.7 Å². The molecule has 0 spiro atoms. The van der Waals surface area contributed by atoms with Crippen molar-refractivity contribution in [2.24, 2.45) is 0 Å². The minimum atomic E-state index is -4.74. The summed E-state index contributed by atoms with van der Waals surface area (Å²) in [6.45, 7) is 0. The van der Waals surface area contributed by atoms with Gasteiger partial charge in [-0.1, -0.05) is 72.8 Å². The molecule has 12 aromatic rings. The lowest BCUT2D eigenvalue weighted by Crippen LogP contribution is -2.07. The zero-order valence-electron chi connectivity index (χ0n) is 31.2. The van der Waals surface area contributed by atoms with Crippen molar-refractivity contribution in [3.05, 3.63) is 168 Å². The highest BCUT2D eigenvalue weighted by Crippen LogP contribution is 2.47. The number of halogens is 3. The molecule has 0 aliphatic carbocycles.